The second-order valence-corrected chi connectivity index (χ2v) is 3.26. The second-order valence-electron chi connectivity index (χ2n) is 3.26. The second kappa shape index (κ2) is 3.87. The van der Waals surface area contributed by atoms with E-state index in [-0.39, 0.29) is 17.7 Å². The lowest BCUT2D eigenvalue weighted by Crippen LogP contribution is -2.39. The fraction of sp³-hybridized carbons (Fsp3) is 0.778. The van der Waals surface area contributed by atoms with Crippen LogP contribution in [0.25, 0.3) is 0 Å². The first-order valence-corrected chi connectivity index (χ1v) is 4.55. The zero-order chi connectivity index (χ0) is 10.0. The van der Waals surface area contributed by atoms with E-state index in [0.29, 0.717) is 13.0 Å². The summed E-state index contributed by atoms with van der Waals surface area (Å²) in [6.07, 6.45) is -0.106. The first kappa shape index (κ1) is 10.2. The lowest BCUT2D eigenvalue weighted by atomic mass is 10.1. The quantitative estimate of drug-likeness (QED) is 0.610. The number of nitrogens with zero attached hydrogens (tertiary/aromatic N) is 1. The number of hydrogen-bond acceptors (Lipinski definition) is 3. The van der Waals surface area contributed by atoms with Crippen LogP contribution in [0.2, 0.25) is 0 Å². The summed E-state index contributed by atoms with van der Waals surface area (Å²) in [6.45, 7) is 5.83. The average Bonchev–Trinajstić information content (AvgIpc) is 2.27. The van der Waals surface area contributed by atoms with Gasteiger partial charge in [-0.3, -0.25) is 14.5 Å². The third kappa shape index (κ3) is 1.88. The summed E-state index contributed by atoms with van der Waals surface area (Å²) < 4.78 is 5.20. The van der Waals surface area contributed by atoms with Crippen LogP contribution >= 0.6 is 0 Å². The molecule has 0 spiro atoms. The number of amides is 2. The van der Waals surface area contributed by atoms with E-state index in [4.69, 9.17) is 4.74 Å². The molecule has 0 saturated carbocycles. The maximum atomic E-state index is 11.5. The van der Waals surface area contributed by atoms with E-state index in [1.807, 2.05) is 6.92 Å². The molecule has 1 saturated heterocycles. The van der Waals surface area contributed by atoms with Gasteiger partial charge in [0.1, 0.15) is 6.23 Å². The highest BCUT2D eigenvalue weighted by Gasteiger charge is 2.38. The van der Waals surface area contributed by atoms with Crippen molar-refractivity contribution in [1.82, 2.24) is 4.90 Å². The van der Waals surface area contributed by atoms with Crippen molar-refractivity contribution in [1.29, 1.82) is 0 Å². The monoisotopic (exact) mass is 185 g/mol. The average molecular weight is 185 g/mol. The molecule has 2 amide bonds. The highest BCUT2D eigenvalue weighted by molar-refractivity contribution is 6.03. The minimum atomic E-state index is -0.421. The smallest absolute Gasteiger partial charge is 0.234 e. The predicted octanol–water partition coefficient (Wildman–Crippen LogP) is 0.764. The molecule has 0 aromatic heterocycles. The number of carbonyl (C=O) groups is 2. The van der Waals surface area contributed by atoms with E-state index < -0.39 is 6.23 Å². The van der Waals surface area contributed by atoms with Crippen LogP contribution in [0.4, 0.5) is 0 Å². The van der Waals surface area contributed by atoms with Crippen molar-refractivity contribution in [2.75, 3.05) is 6.61 Å². The van der Waals surface area contributed by atoms with Gasteiger partial charge in [0.05, 0.1) is 0 Å². The summed E-state index contributed by atoms with van der Waals surface area (Å²) in [4.78, 5) is 24.0. The molecule has 0 radical (unpaired) electrons. The van der Waals surface area contributed by atoms with E-state index in [1.165, 1.54) is 4.90 Å². The largest absolute Gasteiger partial charge is 0.358 e. The summed E-state index contributed by atoms with van der Waals surface area (Å²) in [7, 11) is 0. The van der Waals surface area contributed by atoms with Gasteiger partial charge in [0.15, 0.2) is 0 Å². The zero-order valence-electron chi connectivity index (χ0n) is 8.24. The minimum Gasteiger partial charge on any atom is -0.358 e. The Labute approximate surface area is 77.8 Å². The molecule has 74 valence electrons. The summed E-state index contributed by atoms with van der Waals surface area (Å²) in [5.74, 6) is -0.431. The third-order valence-electron chi connectivity index (χ3n) is 2.18. The molecule has 1 heterocycles. The Morgan fingerprint density at radius 3 is 2.62 bits per heavy atom. The molecule has 4 nitrogen and oxygen atoms in total. The van der Waals surface area contributed by atoms with Gasteiger partial charge in [-0.05, 0) is 13.8 Å². The van der Waals surface area contributed by atoms with E-state index in [2.05, 4.69) is 0 Å². The van der Waals surface area contributed by atoms with E-state index >= 15 is 0 Å². The number of ether oxygens (including phenoxy) is 1. The van der Waals surface area contributed by atoms with Crippen molar-refractivity contribution in [3.05, 3.63) is 0 Å². The van der Waals surface area contributed by atoms with Crippen LogP contribution in [0.1, 0.15) is 27.2 Å². The Balaban J connectivity index is 2.68. The SMILES string of the molecule is CCOC(C)N1C(=O)CC(C)C1=O. The van der Waals surface area contributed by atoms with Crippen molar-refractivity contribution in [2.24, 2.45) is 5.92 Å². The molecule has 1 aliphatic rings. The molecule has 13 heavy (non-hydrogen) atoms. The molecule has 1 rings (SSSR count). The topological polar surface area (TPSA) is 46.6 Å². The van der Waals surface area contributed by atoms with Crippen LogP contribution in [0.3, 0.4) is 0 Å². The molecule has 2 unspecified atom stereocenters. The molecule has 1 fully saturated rings. The normalized spacial score (nSPS) is 25.5. The van der Waals surface area contributed by atoms with Crippen molar-refractivity contribution >= 4 is 11.8 Å². The van der Waals surface area contributed by atoms with Crippen molar-refractivity contribution in [3.8, 4) is 0 Å². The van der Waals surface area contributed by atoms with Crippen LogP contribution in [-0.4, -0.2) is 29.5 Å². The first-order chi connectivity index (χ1) is 6.07. The summed E-state index contributed by atoms with van der Waals surface area (Å²) in [6, 6.07) is 0. The van der Waals surface area contributed by atoms with Crippen molar-refractivity contribution in [3.63, 3.8) is 0 Å². The summed E-state index contributed by atoms with van der Waals surface area (Å²) in [5, 5.41) is 0. The van der Waals surface area contributed by atoms with Gasteiger partial charge in [-0.1, -0.05) is 6.92 Å². The molecule has 0 aromatic carbocycles. The standard InChI is InChI=1S/C9H15NO3/c1-4-13-7(3)10-8(11)5-6(2)9(10)12/h6-7H,4-5H2,1-3H3. The molecule has 2 atom stereocenters. The number of hydrogen-bond donors (Lipinski definition) is 0. The fourth-order valence-corrected chi connectivity index (χ4v) is 1.51. The Kier molecular flexibility index (Phi) is 3.03. The molecule has 0 N–H and O–H groups in total. The molecular formula is C9H15NO3. The molecule has 0 aromatic rings. The number of carbonyl (C=O) groups excluding carboxylic acids is 2. The van der Waals surface area contributed by atoms with Gasteiger partial charge in [-0.25, -0.2) is 0 Å². The molecule has 1 aliphatic heterocycles. The number of imide groups is 1. The summed E-state index contributed by atoms with van der Waals surface area (Å²) in [5.41, 5.74) is 0. The Morgan fingerprint density at radius 2 is 2.23 bits per heavy atom. The van der Waals surface area contributed by atoms with Crippen LogP contribution < -0.4 is 0 Å². The van der Waals surface area contributed by atoms with E-state index in [1.54, 1.807) is 13.8 Å². The lowest BCUT2D eigenvalue weighted by Gasteiger charge is -2.22. The number of likely N-dealkylation sites (tertiary alicyclic amines) is 1. The minimum absolute atomic E-state index is 0.119. The van der Waals surface area contributed by atoms with E-state index in [0.717, 1.165) is 0 Å². The molecule has 0 bridgehead atoms. The van der Waals surface area contributed by atoms with Gasteiger partial charge in [0.25, 0.3) is 0 Å². The molecule has 0 aliphatic carbocycles. The van der Waals surface area contributed by atoms with Gasteiger partial charge >= 0.3 is 0 Å². The van der Waals surface area contributed by atoms with Crippen LogP contribution in [0.5, 0.6) is 0 Å². The maximum Gasteiger partial charge on any atom is 0.234 e. The third-order valence-corrected chi connectivity index (χ3v) is 2.18. The van der Waals surface area contributed by atoms with E-state index in [9.17, 15) is 9.59 Å². The summed E-state index contributed by atoms with van der Waals surface area (Å²) >= 11 is 0. The fourth-order valence-electron chi connectivity index (χ4n) is 1.51. The van der Waals surface area contributed by atoms with Gasteiger partial charge < -0.3 is 4.74 Å². The first-order valence-electron chi connectivity index (χ1n) is 4.55. The Hall–Kier alpha value is -0.900. The van der Waals surface area contributed by atoms with Crippen LogP contribution in [-0.2, 0) is 14.3 Å². The highest BCUT2D eigenvalue weighted by atomic mass is 16.5. The lowest BCUT2D eigenvalue weighted by molar-refractivity contribution is -0.152. The van der Waals surface area contributed by atoms with Crippen LogP contribution in [0.15, 0.2) is 0 Å². The van der Waals surface area contributed by atoms with Crippen LogP contribution in [0, 0.1) is 5.92 Å². The molecular weight excluding hydrogens is 170 g/mol. The van der Waals surface area contributed by atoms with Gasteiger partial charge in [-0.2, -0.15) is 0 Å². The highest BCUT2D eigenvalue weighted by Crippen LogP contribution is 2.21. The van der Waals surface area contributed by atoms with Crippen molar-refractivity contribution < 1.29 is 14.3 Å². The van der Waals surface area contributed by atoms with Crippen molar-refractivity contribution in [2.45, 2.75) is 33.4 Å². The van der Waals surface area contributed by atoms with Gasteiger partial charge in [0.2, 0.25) is 11.8 Å². The zero-order valence-corrected chi connectivity index (χ0v) is 8.24. The molecule has 4 heteroatoms. The predicted molar refractivity (Wildman–Crippen MR) is 46.7 cm³/mol. The van der Waals surface area contributed by atoms with Gasteiger partial charge in [-0.15, -0.1) is 0 Å². The Bertz CT molecular complexity index is 227. The maximum absolute atomic E-state index is 11.5. The number of rotatable bonds is 3. The Morgan fingerprint density at radius 1 is 1.62 bits per heavy atom. The van der Waals surface area contributed by atoms with Gasteiger partial charge in [0, 0.05) is 18.9 Å².